The molecule has 0 spiro atoms. The molecule has 0 aliphatic carbocycles. The van der Waals surface area contributed by atoms with E-state index in [1.807, 2.05) is 49.4 Å². The van der Waals surface area contributed by atoms with Crippen molar-refractivity contribution in [3.05, 3.63) is 58.9 Å². The summed E-state index contributed by atoms with van der Waals surface area (Å²) in [5, 5.41) is 5.63. The summed E-state index contributed by atoms with van der Waals surface area (Å²) in [6, 6.07) is 13.8. The van der Waals surface area contributed by atoms with Crippen molar-refractivity contribution in [3.63, 3.8) is 0 Å². The van der Waals surface area contributed by atoms with Gasteiger partial charge in [0.05, 0.1) is 23.4 Å². The predicted molar refractivity (Wildman–Crippen MR) is 111 cm³/mol. The molecule has 28 heavy (non-hydrogen) atoms. The number of hydrogen-bond acceptors (Lipinski definition) is 6. The van der Waals surface area contributed by atoms with Crippen molar-refractivity contribution in [1.29, 1.82) is 0 Å². The third kappa shape index (κ3) is 4.06. The van der Waals surface area contributed by atoms with E-state index in [0.717, 1.165) is 27.3 Å². The Morgan fingerprint density at radius 1 is 1.18 bits per heavy atom. The van der Waals surface area contributed by atoms with E-state index < -0.39 is 0 Å². The van der Waals surface area contributed by atoms with Crippen molar-refractivity contribution < 1.29 is 9.26 Å². The van der Waals surface area contributed by atoms with Gasteiger partial charge < -0.3 is 13.8 Å². The highest BCUT2D eigenvalue weighted by Crippen LogP contribution is 2.28. The minimum absolute atomic E-state index is 0.531. The summed E-state index contributed by atoms with van der Waals surface area (Å²) in [5.74, 6) is 1.69. The number of imidazole rings is 1. The molecule has 0 fully saturated rings. The van der Waals surface area contributed by atoms with Gasteiger partial charge in [-0.25, -0.2) is 4.98 Å². The molecule has 0 aliphatic rings. The second kappa shape index (κ2) is 8.34. The van der Waals surface area contributed by atoms with E-state index in [0.29, 0.717) is 35.6 Å². The van der Waals surface area contributed by atoms with Crippen LogP contribution in [0.2, 0.25) is 5.02 Å². The largest absolute Gasteiger partial charge is 0.383 e. The van der Waals surface area contributed by atoms with E-state index in [1.54, 1.807) is 18.9 Å². The lowest BCUT2D eigenvalue weighted by Gasteiger charge is -2.07. The number of ether oxygens (including phenoxy) is 1. The molecule has 0 N–H and O–H groups in total. The zero-order chi connectivity index (χ0) is 19.5. The van der Waals surface area contributed by atoms with Gasteiger partial charge in [0.1, 0.15) is 0 Å². The summed E-state index contributed by atoms with van der Waals surface area (Å²) in [7, 11) is 1.69. The molecule has 6 nitrogen and oxygen atoms in total. The van der Waals surface area contributed by atoms with Crippen LogP contribution in [-0.4, -0.2) is 33.4 Å². The van der Waals surface area contributed by atoms with E-state index in [4.69, 9.17) is 25.8 Å². The first kappa shape index (κ1) is 19.0. The summed E-state index contributed by atoms with van der Waals surface area (Å²) < 4.78 is 12.8. The van der Waals surface area contributed by atoms with E-state index in [1.165, 1.54) is 0 Å². The molecule has 4 aromatic rings. The minimum atomic E-state index is 0.531. The molecule has 2 heterocycles. The van der Waals surface area contributed by atoms with E-state index in [2.05, 4.69) is 14.7 Å². The van der Waals surface area contributed by atoms with Crippen molar-refractivity contribution >= 4 is 34.4 Å². The normalized spacial score (nSPS) is 11.4. The monoisotopic (exact) mass is 414 g/mol. The smallest absolute Gasteiger partial charge is 0.237 e. The first-order valence-corrected chi connectivity index (χ1v) is 10.2. The topological polar surface area (TPSA) is 66.0 Å². The van der Waals surface area contributed by atoms with Gasteiger partial charge in [0, 0.05) is 24.2 Å². The fourth-order valence-electron chi connectivity index (χ4n) is 2.93. The Hall–Kier alpha value is -2.35. The summed E-state index contributed by atoms with van der Waals surface area (Å²) in [5.41, 5.74) is 3.98. The van der Waals surface area contributed by atoms with Gasteiger partial charge in [-0.05, 0) is 31.2 Å². The van der Waals surface area contributed by atoms with Crippen LogP contribution in [0.1, 0.15) is 11.5 Å². The highest BCUT2D eigenvalue weighted by Gasteiger charge is 2.14. The van der Waals surface area contributed by atoms with Crippen LogP contribution in [0.25, 0.3) is 22.4 Å². The maximum atomic E-state index is 6.12. The number of fused-ring (bicyclic) bond motifs is 1. The Balaban J connectivity index is 1.55. The van der Waals surface area contributed by atoms with Crippen molar-refractivity contribution in [2.75, 3.05) is 13.7 Å². The number of hydrogen-bond donors (Lipinski definition) is 0. The highest BCUT2D eigenvalue weighted by atomic mass is 35.5. The first-order chi connectivity index (χ1) is 13.6. The van der Waals surface area contributed by atoms with Crippen molar-refractivity contribution in [1.82, 2.24) is 19.7 Å². The number of nitrogens with zero attached hydrogens (tertiary/aromatic N) is 4. The fraction of sp³-hybridized carbons (Fsp3) is 0.250. The van der Waals surface area contributed by atoms with Crippen molar-refractivity contribution in [2.45, 2.75) is 24.4 Å². The van der Waals surface area contributed by atoms with Crippen LogP contribution in [0.3, 0.4) is 0 Å². The molecule has 0 bridgehead atoms. The summed E-state index contributed by atoms with van der Waals surface area (Å²) in [6.45, 7) is 3.34. The van der Waals surface area contributed by atoms with E-state index >= 15 is 0 Å². The molecule has 0 aliphatic heterocycles. The molecule has 8 heteroatoms. The van der Waals surface area contributed by atoms with Gasteiger partial charge in [-0.2, -0.15) is 4.98 Å². The van der Waals surface area contributed by atoms with E-state index in [-0.39, 0.29) is 0 Å². The molecule has 0 saturated heterocycles. The van der Waals surface area contributed by atoms with Crippen LogP contribution >= 0.6 is 23.4 Å². The molecule has 144 valence electrons. The number of benzene rings is 2. The zero-order valence-electron chi connectivity index (χ0n) is 15.6. The lowest BCUT2D eigenvalue weighted by atomic mass is 10.1. The van der Waals surface area contributed by atoms with Gasteiger partial charge in [0.15, 0.2) is 5.16 Å². The van der Waals surface area contributed by atoms with Crippen LogP contribution in [0, 0.1) is 6.92 Å². The lowest BCUT2D eigenvalue weighted by molar-refractivity contribution is 0.186. The molecule has 0 unspecified atom stereocenters. The highest BCUT2D eigenvalue weighted by molar-refractivity contribution is 7.98. The molecular formula is C20H19ClN4O2S. The maximum absolute atomic E-state index is 6.12. The number of halogens is 1. The first-order valence-electron chi connectivity index (χ1n) is 8.81. The molecule has 0 saturated carbocycles. The van der Waals surface area contributed by atoms with Crippen molar-refractivity contribution in [2.24, 2.45) is 0 Å². The quantitative estimate of drug-likeness (QED) is 0.397. The third-order valence-corrected chi connectivity index (χ3v) is 5.46. The van der Waals surface area contributed by atoms with Crippen LogP contribution in [0.4, 0.5) is 0 Å². The molecule has 2 aromatic carbocycles. The second-order valence-corrected chi connectivity index (χ2v) is 7.72. The van der Waals surface area contributed by atoms with E-state index in [9.17, 15) is 0 Å². The summed E-state index contributed by atoms with van der Waals surface area (Å²) in [4.78, 5) is 9.23. The average molecular weight is 415 g/mol. The molecular weight excluding hydrogens is 396 g/mol. The Morgan fingerprint density at radius 3 is 2.89 bits per heavy atom. The average Bonchev–Trinajstić information content (AvgIpc) is 3.29. The number of aromatic nitrogens is 4. The number of aryl methyl sites for hydroxylation is 1. The number of rotatable bonds is 7. The summed E-state index contributed by atoms with van der Waals surface area (Å²) in [6.07, 6.45) is 0. The second-order valence-electron chi connectivity index (χ2n) is 6.34. The standard InChI is InChI=1S/C20H19ClN4O2S/c1-13-4-3-5-14(10-13)19-23-18(27-24-19)12-28-20-22-16-11-15(21)6-7-17(16)25(20)8-9-26-2/h3-7,10-11H,8-9,12H2,1-2H3. The summed E-state index contributed by atoms with van der Waals surface area (Å²) >= 11 is 7.67. The number of thioether (sulfide) groups is 1. The van der Waals surface area contributed by atoms with Gasteiger partial charge in [0.25, 0.3) is 0 Å². The maximum Gasteiger partial charge on any atom is 0.237 e. The Labute approximate surface area is 171 Å². The Kier molecular flexibility index (Phi) is 5.66. The lowest BCUT2D eigenvalue weighted by Crippen LogP contribution is -2.05. The number of methoxy groups -OCH3 is 1. The van der Waals surface area contributed by atoms with Gasteiger partial charge >= 0.3 is 0 Å². The molecule has 0 radical (unpaired) electrons. The minimum Gasteiger partial charge on any atom is -0.383 e. The molecule has 4 rings (SSSR count). The zero-order valence-corrected chi connectivity index (χ0v) is 17.1. The predicted octanol–water partition coefficient (Wildman–Crippen LogP) is 4.99. The van der Waals surface area contributed by atoms with Gasteiger partial charge in [0.2, 0.25) is 11.7 Å². The van der Waals surface area contributed by atoms with Crippen LogP contribution in [0.15, 0.2) is 52.1 Å². The van der Waals surface area contributed by atoms with Crippen LogP contribution in [0.5, 0.6) is 0 Å². The van der Waals surface area contributed by atoms with Crippen LogP contribution < -0.4 is 0 Å². The third-order valence-electron chi connectivity index (χ3n) is 4.26. The fourth-order valence-corrected chi connectivity index (χ4v) is 3.98. The Morgan fingerprint density at radius 2 is 2.07 bits per heavy atom. The van der Waals surface area contributed by atoms with Gasteiger partial charge in [-0.3, -0.25) is 0 Å². The molecule has 0 atom stereocenters. The van der Waals surface area contributed by atoms with Gasteiger partial charge in [-0.1, -0.05) is 52.3 Å². The Bertz CT molecular complexity index is 1110. The molecule has 0 amide bonds. The van der Waals surface area contributed by atoms with Gasteiger partial charge in [-0.15, -0.1) is 0 Å². The SMILES string of the molecule is COCCn1c(SCc2nc(-c3cccc(C)c3)no2)nc2cc(Cl)ccc21. The van der Waals surface area contributed by atoms with Crippen molar-refractivity contribution in [3.8, 4) is 11.4 Å². The van der Waals surface area contributed by atoms with Crippen LogP contribution in [-0.2, 0) is 17.0 Å². The molecule has 2 aromatic heterocycles.